The molecule has 1 heterocycles. The lowest BCUT2D eigenvalue weighted by atomic mass is 9.93. The van der Waals surface area contributed by atoms with Crippen molar-refractivity contribution in [3.63, 3.8) is 0 Å². The molecule has 0 spiro atoms. The molecule has 0 radical (unpaired) electrons. The fourth-order valence-corrected chi connectivity index (χ4v) is 2.43. The number of hydrogen-bond acceptors (Lipinski definition) is 9. The zero-order valence-corrected chi connectivity index (χ0v) is 12.8. The zero-order valence-electron chi connectivity index (χ0n) is 12.8. The summed E-state index contributed by atoms with van der Waals surface area (Å²) in [5.41, 5.74) is -2.48. The summed E-state index contributed by atoms with van der Waals surface area (Å²) < 4.78 is 4.78. The number of carbonyl (C=O) groups is 1. The number of aliphatic hydroxyl groups excluding tert-OH is 4. The van der Waals surface area contributed by atoms with Crippen LogP contribution in [0.5, 0.6) is 0 Å². The lowest BCUT2D eigenvalue weighted by Gasteiger charge is -2.45. The van der Waals surface area contributed by atoms with Gasteiger partial charge in [0.1, 0.15) is 18.3 Å². The van der Waals surface area contributed by atoms with Crippen LogP contribution in [-0.2, 0) is 16.0 Å². The fraction of sp³-hybridized carbons (Fsp3) is 0.500. The van der Waals surface area contributed by atoms with Crippen LogP contribution in [0, 0.1) is 10.1 Å². The second-order valence-electron chi connectivity index (χ2n) is 5.62. The van der Waals surface area contributed by atoms with Crippen LogP contribution in [0.25, 0.3) is 0 Å². The summed E-state index contributed by atoms with van der Waals surface area (Å²) >= 11 is 0. The number of nitrogens with one attached hydrogen (secondary N) is 1. The van der Waals surface area contributed by atoms with Crippen molar-refractivity contribution in [3.05, 3.63) is 39.9 Å². The molecule has 1 saturated heterocycles. The first kappa shape index (κ1) is 19.2. The summed E-state index contributed by atoms with van der Waals surface area (Å²) in [7, 11) is 0. The summed E-state index contributed by atoms with van der Waals surface area (Å²) in [6.07, 6.45) is -7.52. The molecule has 11 heteroatoms. The first-order valence-corrected chi connectivity index (χ1v) is 7.26. The third-order valence-electron chi connectivity index (χ3n) is 3.87. The number of hydrogen-bond donors (Lipinski definition) is 6. The maximum absolute atomic E-state index is 12.0. The molecule has 2 rings (SSSR count). The highest BCUT2D eigenvalue weighted by Gasteiger charge is 2.55. The maximum atomic E-state index is 12.0. The van der Waals surface area contributed by atoms with Gasteiger partial charge in [-0.2, -0.15) is 0 Å². The lowest BCUT2D eigenvalue weighted by molar-refractivity contribution is -0.384. The van der Waals surface area contributed by atoms with Crippen molar-refractivity contribution < 1.29 is 40.0 Å². The Bertz CT molecular complexity index is 638. The number of rotatable bonds is 5. The molecule has 0 aromatic heterocycles. The van der Waals surface area contributed by atoms with Crippen molar-refractivity contribution in [1.82, 2.24) is 5.32 Å². The maximum Gasteiger partial charge on any atom is 0.269 e. The minimum atomic E-state index is -2.69. The first-order valence-electron chi connectivity index (χ1n) is 7.26. The molecule has 5 atom stereocenters. The average molecular weight is 358 g/mol. The molecule has 25 heavy (non-hydrogen) atoms. The van der Waals surface area contributed by atoms with E-state index in [9.17, 15) is 35.3 Å². The molecule has 0 aliphatic carbocycles. The van der Waals surface area contributed by atoms with E-state index in [1.165, 1.54) is 24.3 Å². The lowest BCUT2D eigenvalue weighted by Crippen LogP contribution is -2.73. The number of nitro benzene ring substituents is 1. The van der Waals surface area contributed by atoms with Crippen molar-refractivity contribution in [2.45, 2.75) is 36.7 Å². The van der Waals surface area contributed by atoms with E-state index in [0.717, 1.165) is 0 Å². The molecular weight excluding hydrogens is 340 g/mol. The molecule has 1 fully saturated rings. The van der Waals surface area contributed by atoms with E-state index in [1.54, 1.807) is 0 Å². The second-order valence-corrected chi connectivity index (χ2v) is 5.62. The Morgan fingerprint density at radius 2 is 1.88 bits per heavy atom. The molecular formula is C14H18N2O9. The van der Waals surface area contributed by atoms with E-state index in [1.807, 2.05) is 5.32 Å². The summed E-state index contributed by atoms with van der Waals surface area (Å²) in [4.78, 5) is 22.0. The van der Waals surface area contributed by atoms with Gasteiger partial charge in [0.05, 0.1) is 18.0 Å². The highest BCUT2D eigenvalue weighted by molar-refractivity contribution is 5.79. The Kier molecular flexibility index (Phi) is 5.67. The topological polar surface area (TPSA) is 183 Å². The largest absolute Gasteiger partial charge is 0.394 e. The minimum absolute atomic E-state index is 0.160. The number of carbonyl (C=O) groups excluding carboxylic acids is 1. The second kappa shape index (κ2) is 7.39. The predicted octanol–water partition coefficient (Wildman–Crippen LogP) is -2.63. The molecule has 1 aliphatic heterocycles. The number of benzene rings is 1. The van der Waals surface area contributed by atoms with E-state index in [-0.39, 0.29) is 12.1 Å². The van der Waals surface area contributed by atoms with Crippen LogP contribution in [0.3, 0.4) is 0 Å². The smallest absolute Gasteiger partial charge is 0.269 e. The third-order valence-corrected chi connectivity index (χ3v) is 3.87. The standard InChI is InChI=1S/C14H18N2O9/c17-6-9-11(19)12(20)14(22,13(21)25-9)15-10(18)5-7-1-3-8(4-2-7)16(23)24/h1-4,9,11-13,17,19-22H,5-6H2,(H,15,18)/t9-,11-,12+,13?,14-/m1/s1. The normalized spacial score (nSPS) is 32.2. The highest BCUT2D eigenvalue weighted by Crippen LogP contribution is 2.27. The van der Waals surface area contributed by atoms with E-state index in [0.29, 0.717) is 5.56 Å². The van der Waals surface area contributed by atoms with Crippen molar-refractivity contribution in [3.8, 4) is 0 Å². The first-order chi connectivity index (χ1) is 11.7. The zero-order chi connectivity index (χ0) is 18.8. The Labute approximate surface area is 141 Å². The van der Waals surface area contributed by atoms with Gasteiger partial charge in [0.15, 0.2) is 0 Å². The van der Waals surface area contributed by atoms with Gasteiger partial charge in [0.2, 0.25) is 17.9 Å². The van der Waals surface area contributed by atoms with Gasteiger partial charge in [-0.05, 0) is 5.56 Å². The average Bonchev–Trinajstić information content (AvgIpc) is 2.57. The van der Waals surface area contributed by atoms with E-state index < -0.39 is 47.8 Å². The monoisotopic (exact) mass is 358 g/mol. The van der Waals surface area contributed by atoms with Crippen molar-refractivity contribution in [2.75, 3.05) is 6.61 Å². The summed E-state index contributed by atoms with van der Waals surface area (Å²) in [5, 5.41) is 61.3. The third kappa shape index (κ3) is 3.92. The van der Waals surface area contributed by atoms with E-state index in [2.05, 4.69) is 0 Å². The highest BCUT2D eigenvalue weighted by atomic mass is 16.6. The van der Waals surface area contributed by atoms with Crippen LogP contribution >= 0.6 is 0 Å². The molecule has 0 saturated carbocycles. The Morgan fingerprint density at radius 1 is 1.28 bits per heavy atom. The van der Waals surface area contributed by atoms with Crippen LogP contribution in [0.2, 0.25) is 0 Å². The van der Waals surface area contributed by atoms with Crippen LogP contribution < -0.4 is 5.32 Å². The Balaban J connectivity index is 2.06. The molecule has 138 valence electrons. The van der Waals surface area contributed by atoms with E-state index >= 15 is 0 Å². The molecule has 11 nitrogen and oxygen atoms in total. The van der Waals surface area contributed by atoms with Crippen LogP contribution in [0.15, 0.2) is 24.3 Å². The molecule has 6 N–H and O–H groups in total. The van der Waals surface area contributed by atoms with Gasteiger partial charge in [0, 0.05) is 12.1 Å². The van der Waals surface area contributed by atoms with Gasteiger partial charge in [-0.25, -0.2) is 0 Å². The van der Waals surface area contributed by atoms with Crippen molar-refractivity contribution >= 4 is 11.6 Å². The summed E-state index contributed by atoms with van der Waals surface area (Å²) in [5.74, 6) is -0.840. The van der Waals surface area contributed by atoms with Gasteiger partial charge < -0.3 is 35.6 Å². The Hall–Kier alpha value is -2.15. The number of nitro groups is 1. The predicted molar refractivity (Wildman–Crippen MR) is 79.9 cm³/mol. The summed E-state index contributed by atoms with van der Waals surface area (Å²) in [6, 6.07) is 5.06. The SMILES string of the molecule is O=C(Cc1ccc([N+](=O)[O-])cc1)N[C@]1(O)C(O)O[C@H](CO)[C@@H](O)[C@@H]1O. The number of ether oxygens (including phenoxy) is 1. The van der Waals surface area contributed by atoms with Gasteiger partial charge in [-0.15, -0.1) is 0 Å². The van der Waals surface area contributed by atoms with Gasteiger partial charge in [0.25, 0.3) is 5.69 Å². The Morgan fingerprint density at radius 3 is 2.40 bits per heavy atom. The van der Waals surface area contributed by atoms with Crippen LogP contribution in [0.4, 0.5) is 5.69 Å². The van der Waals surface area contributed by atoms with E-state index in [4.69, 9.17) is 9.84 Å². The summed E-state index contributed by atoms with van der Waals surface area (Å²) in [6.45, 7) is -0.720. The molecule has 0 bridgehead atoms. The molecule has 1 aromatic carbocycles. The number of nitrogens with zero attached hydrogens (tertiary/aromatic N) is 1. The number of non-ortho nitro benzene ring substituents is 1. The fourth-order valence-electron chi connectivity index (χ4n) is 2.43. The number of amides is 1. The number of aliphatic hydroxyl groups is 5. The van der Waals surface area contributed by atoms with Crippen LogP contribution in [0.1, 0.15) is 5.56 Å². The molecule has 1 aliphatic rings. The van der Waals surface area contributed by atoms with Gasteiger partial charge >= 0.3 is 0 Å². The van der Waals surface area contributed by atoms with Crippen molar-refractivity contribution in [2.24, 2.45) is 0 Å². The minimum Gasteiger partial charge on any atom is -0.394 e. The van der Waals surface area contributed by atoms with Crippen molar-refractivity contribution in [1.29, 1.82) is 0 Å². The molecule has 1 unspecified atom stereocenters. The quantitative estimate of drug-likeness (QED) is 0.186. The molecule has 1 aromatic rings. The van der Waals surface area contributed by atoms with Gasteiger partial charge in [-0.3, -0.25) is 14.9 Å². The molecule has 1 amide bonds. The van der Waals surface area contributed by atoms with Gasteiger partial charge in [-0.1, -0.05) is 12.1 Å². The van der Waals surface area contributed by atoms with Crippen LogP contribution in [-0.4, -0.2) is 73.3 Å².